The van der Waals surface area contributed by atoms with Crippen molar-refractivity contribution < 1.29 is 31.1 Å². The summed E-state index contributed by atoms with van der Waals surface area (Å²) < 4.78 is 79.8. The Morgan fingerprint density at radius 1 is 0.889 bits per heavy atom. The largest absolute Gasteiger partial charge is 0.416 e. The summed E-state index contributed by atoms with van der Waals surface area (Å²) in [6.45, 7) is 0.240. The summed E-state index contributed by atoms with van der Waals surface area (Å²) in [5.74, 6) is -0.273. The van der Waals surface area contributed by atoms with Gasteiger partial charge in [0.25, 0.3) is 0 Å². The second-order valence-electron chi connectivity index (χ2n) is 8.66. The molecule has 0 bridgehead atoms. The number of anilines is 1. The van der Waals surface area contributed by atoms with Crippen molar-refractivity contribution in [3.05, 3.63) is 95.1 Å². The lowest BCUT2D eigenvalue weighted by atomic mass is 9.89. The molecule has 5 rings (SSSR count). The van der Waals surface area contributed by atoms with Crippen molar-refractivity contribution in [2.24, 2.45) is 10.2 Å². The van der Waals surface area contributed by atoms with E-state index < -0.39 is 40.9 Å². The maximum Gasteiger partial charge on any atom is 0.416 e. The van der Waals surface area contributed by atoms with Crippen LogP contribution < -0.4 is 5.32 Å². The topological polar surface area (TPSA) is 57.1 Å². The van der Waals surface area contributed by atoms with Gasteiger partial charge in [-0.1, -0.05) is 48.5 Å². The van der Waals surface area contributed by atoms with Gasteiger partial charge in [0.2, 0.25) is 5.91 Å². The van der Waals surface area contributed by atoms with Crippen LogP contribution >= 0.6 is 0 Å². The first kappa shape index (κ1) is 23.8. The van der Waals surface area contributed by atoms with Crippen LogP contribution in [0, 0.1) is 0 Å². The van der Waals surface area contributed by atoms with Crippen molar-refractivity contribution in [3.8, 4) is 0 Å². The molecule has 186 valence electrons. The Morgan fingerprint density at radius 2 is 1.50 bits per heavy atom. The average Bonchev–Trinajstić information content (AvgIpc) is 3.27. The van der Waals surface area contributed by atoms with Gasteiger partial charge in [0.1, 0.15) is 6.17 Å². The van der Waals surface area contributed by atoms with Crippen molar-refractivity contribution in [2.45, 2.75) is 37.0 Å². The van der Waals surface area contributed by atoms with Crippen LogP contribution in [0.4, 0.5) is 37.7 Å². The maximum absolute atomic E-state index is 13.3. The molecule has 1 N–H and O–H groups in total. The summed E-state index contributed by atoms with van der Waals surface area (Å²) in [4.78, 5) is 14.6. The molecular formula is C25H18F6N4O. The zero-order chi connectivity index (χ0) is 25.7. The van der Waals surface area contributed by atoms with E-state index in [1.54, 1.807) is 29.2 Å². The number of nitrogens with zero attached hydrogens (tertiary/aromatic N) is 3. The molecule has 36 heavy (non-hydrogen) atoms. The predicted octanol–water partition coefficient (Wildman–Crippen LogP) is 6.89. The lowest BCUT2D eigenvalue weighted by molar-refractivity contribution is -0.143. The third-order valence-electron chi connectivity index (χ3n) is 6.30. The van der Waals surface area contributed by atoms with Crippen LogP contribution in [0.2, 0.25) is 0 Å². The van der Waals surface area contributed by atoms with Gasteiger partial charge in [0, 0.05) is 17.8 Å². The Kier molecular flexibility index (Phi) is 5.53. The minimum atomic E-state index is -5.01. The van der Waals surface area contributed by atoms with Crippen molar-refractivity contribution in [1.82, 2.24) is 4.90 Å². The third kappa shape index (κ3) is 4.18. The van der Waals surface area contributed by atoms with Gasteiger partial charge in [-0.15, -0.1) is 0 Å². The van der Waals surface area contributed by atoms with Crippen molar-refractivity contribution in [2.75, 3.05) is 5.32 Å². The Bertz CT molecular complexity index is 1310. The first-order valence-corrected chi connectivity index (χ1v) is 10.9. The predicted molar refractivity (Wildman–Crippen MR) is 118 cm³/mol. The Hall–Kier alpha value is -3.89. The summed E-state index contributed by atoms with van der Waals surface area (Å²) >= 11 is 0. The second kappa shape index (κ2) is 8.35. The quantitative estimate of drug-likeness (QED) is 0.311. The highest BCUT2D eigenvalue weighted by Crippen LogP contribution is 2.51. The normalized spacial score (nSPS) is 21.6. The van der Waals surface area contributed by atoms with Crippen LogP contribution in [0.15, 0.2) is 83.0 Å². The summed E-state index contributed by atoms with van der Waals surface area (Å²) in [6, 6.07) is 17.2. The van der Waals surface area contributed by atoms with Crippen molar-refractivity contribution in [3.63, 3.8) is 0 Å². The van der Waals surface area contributed by atoms with Gasteiger partial charge in [-0.25, -0.2) is 0 Å². The van der Waals surface area contributed by atoms with Crippen molar-refractivity contribution >= 4 is 17.3 Å². The summed E-state index contributed by atoms with van der Waals surface area (Å²) in [5.41, 5.74) is -2.81. The molecule has 3 aromatic carbocycles. The summed E-state index contributed by atoms with van der Waals surface area (Å²) in [6.07, 6.45) is -10.9. The molecule has 1 saturated heterocycles. The summed E-state index contributed by atoms with van der Waals surface area (Å²) in [5, 5.41) is 11.4. The molecule has 2 aliphatic rings. The molecule has 0 spiro atoms. The lowest BCUT2D eigenvalue weighted by Gasteiger charge is -2.28. The molecule has 0 saturated carbocycles. The first-order chi connectivity index (χ1) is 17.0. The molecule has 2 atom stereocenters. The molecule has 0 unspecified atom stereocenters. The van der Waals surface area contributed by atoms with E-state index in [2.05, 4.69) is 15.5 Å². The number of halogens is 6. The lowest BCUT2D eigenvalue weighted by Crippen LogP contribution is -2.42. The number of amides is 1. The van der Waals surface area contributed by atoms with Crippen LogP contribution in [0.3, 0.4) is 0 Å². The molecule has 0 aliphatic carbocycles. The minimum Gasteiger partial charge on any atom is -0.362 e. The molecule has 0 aromatic heterocycles. The van der Waals surface area contributed by atoms with E-state index in [-0.39, 0.29) is 24.9 Å². The number of benzene rings is 3. The van der Waals surface area contributed by atoms with Crippen LogP contribution in [-0.2, 0) is 29.2 Å². The Labute approximate surface area is 201 Å². The number of carbonyl (C=O) groups excluding carboxylic acids is 1. The van der Waals surface area contributed by atoms with Gasteiger partial charge < -0.3 is 10.2 Å². The molecule has 3 aromatic rings. The monoisotopic (exact) mass is 504 g/mol. The van der Waals surface area contributed by atoms with E-state index in [1.165, 1.54) is 0 Å². The molecular weight excluding hydrogens is 486 g/mol. The summed E-state index contributed by atoms with van der Waals surface area (Å²) in [7, 11) is 0. The number of nitrogens with one attached hydrogen (secondary N) is 1. The number of alkyl halides is 6. The smallest absolute Gasteiger partial charge is 0.362 e. The van der Waals surface area contributed by atoms with Gasteiger partial charge in [0.05, 0.1) is 23.2 Å². The van der Waals surface area contributed by atoms with Crippen LogP contribution in [-0.4, -0.2) is 17.0 Å². The van der Waals surface area contributed by atoms with Crippen molar-refractivity contribution in [1.29, 1.82) is 0 Å². The second-order valence-corrected chi connectivity index (χ2v) is 8.66. The highest BCUT2D eigenvalue weighted by molar-refractivity contribution is 5.85. The molecule has 2 aliphatic heterocycles. The van der Waals surface area contributed by atoms with E-state index in [0.717, 1.165) is 5.56 Å². The molecule has 1 fully saturated rings. The van der Waals surface area contributed by atoms with Crippen LogP contribution in [0.1, 0.15) is 28.7 Å². The molecule has 2 heterocycles. The Balaban J connectivity index is 1.58. The molecule has 0 radical (unpaired) electrons. The van der Waals surface area contributed by atoms with Crippen LogP contribution in [0.25, 0.3) is 0 Å². The van der Waals surface area contributed by atoms with Gasteiger partial charge in [-0.3, -0.25) is 4.79 Å². The standard InChI is InChI=1S/C25H18F6N4O/c26-24(27,28)16-10-17(25(29,30)31)12-18(11-16)33-34-23-13-21(36)35(14-15-6-2-1-3-7-15)22(23)32-20-9-5-4-8-19(20)23/h1-12,22,32H,13-14H2/t22-,23+/m0/s1. The fourth-order valence-corrected chi connectivity index (χ4v) is 4.65. The van der Waals surface area contributed by atoms with E-state index in [0.29, 0.717) is 23.4 Å². The molecule has 1 amide bonds. The number of hydrogen-bond acceptors (Lipinski definition) is 4. The van der Waals surface area contributed by atoms with E-state index in [4.69, 9.17) is 0 Å². The highest BCUT2D eigenvalue weighted by atomic mass is 19.4. The first-order valence-electron chi connectivity index (χ1n) is 10.9. The average molecular weight is 504 g/mol. The van der Waals surface area contributed by atoms with E-state index in [9.17, 15) is 31.1 Å². The SMILES string of the molecule is O=C1C[C@@]2(N=Nc3cc(C(F)(F)F)cc(C(F)(F)F)c3)c3ccccc3N[C@H]2N1Cc1ccccc1. The zero-order valence-electron chi connectivity index (χ0n) is 18.4. The number of azo groups is 1. The van der Waals surface area contributed by atoms with Gasteiger partial charge in [-0.05, 0) is 29.8 Å². The van der Waals surface area contributed by atoms with Gasteiger partial charge >= 0.3 is 12.4 Å². The number of fused-ring (bicyclic) bond motifs is 3. The van der Waals surface area contributed by atoms with Gasteiger partial charge in [0.15, 0.2) is 5.54 Å². The highest BCUT2D eigenvalue weighted by Gasteiger charge is 2.58. The number of para-hydroxylation sites is 1. The van der Waals surface area contributed by atoms with E-state index >= 15 is 0 Å². The number of hydrogen-bond donors (Lipinski definition) is 1. The molecule has 11 heteroatoms. The third-order valence-corrected chi connectivity index (χ3v) is 6.30. The number of likely N-dealkylation sites (tertiary alicyclic amines) is 1. The Morgan fingerprint density at radius 3 is 2.14 bits per heavy atom. The van der Waals surface area contributed by atoms with Crippen LogP contribution in [0.5, 0.6) is 0 Å². The minimum absolute atomic E-state index is 0.0349. The number of carbonyl (C=O) groups is 1. The maximum atomic E-state index is 13.3. The fraction of sp³-hybridized carbons (Fsp3) is 0.240. The number of rotatable bonds is 4. The van der Waals surface area contributed by atoms with Gasteiger partial charge in [-0.2, -0.15) is 36.6 Å². The zero-order valence-corrected chi connectivity index (χ0v) is 18.4. The molecule has 5 nitrogen and oxygen atoms in total. The van der Waals surface area contributed by atoms with E-state index in [1.807, 2.05) is 30.3 Å². The fourth-order valence-electron chi connectivity index (χ4n) is 4.65.